The molecule has 0 saturated heterocycles. The summed E-state index contributed by atoms with van der Waals surface area (Å²) in [4.78, 5) is 23.2. The van der Waals surface area contributed by atoms with Gasteiger partial charge in [0.2, 0.25) is 11.8 Å². The molecule has 1 aliphatic rings. The van der Waals surface area contributed by atoms with Gasteiger partial charge in [-0.2, -0.15) is 0 Å². The Bertz CT molecular complexity index is 731. The molecule has 1 fully saturated rings. The number of ether oxygens (including phenoxy) is 1. The normalized spacial score (nSPS) is 24.1. The third kappa shape index (κ3) is 6.88. The number of halogens is 3. The van der Waals surface area contributed by atoms with Crippen LogP contribution in [-0.2, 0) is 16.0 Å². The van der Waals surface area contributed by atoms with Crippen molar-refractivity contribution in [3.05, 3.63) is 36.2 Å². The van der Waals surface area contributed by atoms with Crippen LogP contribution in [0, 0.1) is 18.3 Å². The van der Waals surface area contributed by atoms with Gasteiger partial charge in [-0.15, -0.1) is 13.2 Å². The maximum atomic E-state index is 12.2. The van der Waals surface area contributed by atoms with Crippen molar-refractivity contribution in [2.24, 2.45) is 23.3 Å². The number of rotatable bonds is 9. The lowest BCUT2D eigenvalue weighted by atomic mass is 9.70. The number of alkyl halides is 3. The van der Waals surface area contributed by atoms with Crippen LogP contribution in [0.4, 0.5) is 13.2 Å². The van der Waals surface area contributed by atoms with E-state index >= 15 is 0 Å². The van der Waals surface area contributed by atoms with Crippen LogP contribution in [0.1, 0.15) is 37.7 Å². The number of nitrogens with two attached hydrogens (primary N) is 2. The summed E-state index contributed by atoms with van der Waals surface area (Å²) in [5, 5.41) is 21.2. The molecule has 1 saturated carbocycles. The zero-order valence-electron chi connectivity index (χ0n) is 16.3. The molecule has 10 heteroatoms. The summed E-state index contributed by atoms with van der Waals surface area (Å²) in [5.74, 6) is -2.93. The highest BCUT2D eigenvalue weighted by atomic mass is 19.4. The lowest BCUT2D eigenvalue weighted by Crippen LogP contribution is -2.49. The number of hydrogen-bond acceptors (Lipinski definition) is 5. The van der Waals surface area contributed by atoms with Gasteiger partial charge in [0.15, 0.2) is 0 Å². The van der Waals surface area contributed by atoms with Gasteiger partial charge in [0, 0.05) is 5.92 Å². The van der Waals surface area contributed by atoms with Gasteiger partial charge in [0.05, 0.1) is 17.6 Å². The Kier molecular flexibility index (Phi) is 7.70. The van der Waals surface area contributed by atoms with Crippen molar-refractivity contribution in [1.82, 2.24) is 0 Å². The summed E-state index contributed by atoms with van der Waals surface area (Å²) in [6.07, 6.45) is -3.25. The Morgan fingerprint density at radius 2 is 1.77 bits per heavy atom. The van der Waals surface area contributed by atoms with E-state index in [2.05, 4.69) is 4.74 Å². The van der Waals surface area contributed by atoms with Gasteiger partial charge >= 0.3 is 6.36 Å². The van der Waals surface area contributed by atoms with Gasteiger partial charge in [-0.25, -0.2) is 0 Å². The molecule has 1 aromatic rings. The first-order valence-electron chi connectivity index (χ1n) is 9.57. The number of aliphatic hydroxyl groups is 2. The van der Waals surface area contributed by atoms with E-state index in [4.69, 9.17) is 11.5 Å². The molecule has 1 aromatic carbocycles. The monoisotopic (exact) mass is 431 g/mol. The average Bonchev–Trinajstić information content (AvgIpc) is 2.64. The van der Waals surface area contributed by atoms with Gasteiger partial charge in [0.25, 0.3) is 0 Å². The third-order valence-corrected chi connectivity index (χ3v) is 5.51. The summed E-state index contributed by atoms with van der Waals surface area (Å²) >= 11 is 0. The maximum absolute atomic E-state index is 12.2. The molecule has 2 rings (SSSR count). The number of aliphatic hydroxyl groups excluding tert-OH is 1. The van der Waals surface area contributed by atoms with Gasteiger partial charge in [0.1, 0.15) is 5.75 Å². The molecule has 6 N–H and O–H groups in total. The number of primary amides is 2. The van der Waals surface area contributed by atoms with Gasteiger partial charge in [-0.1, -0.05) is 12.1 Å². The van der Waals surface area contributed by atoms with Crippen molar-refractivity contribution in [2.75, 3.05) is 0 Å². The summed E-state index contributed by atoms with van der Waals surface area (Å²) in [6.45, 7) is 0. The second-order valence-electron chi connectivity index (χ2n) is 7.67. The molecule has 1 aliphatic carbocycles. The van der Waals surface area contributed by atoms with E-state index in [1.54, 1.807) is 0 Å². The second kappa shape index (κ2) is 9.65. The fourth-order valence-corrected chi connectivity index (χ4v) is 3.79. The summed E-state index contributed by atoms with van der Waals surface area (Å²) in [7, 11) is 0. The van der Waals surface area contributed by atoms with E-state index < -0.39 is 35.8 Å². The van der Waals surface area contributed by atoms with E-state index in [1.165, 1.54) is 18.6 Å². The molecular weight excluding hydrogens is 405 g/mol. The first-order chi connectivity index (χ1) is 13.9. The molecule has 0 aliphatic heterocycles. The van der Waals surface area contributed by atoms with Crippen LogP contribution in [0.15, 0.2) is 24.3 Å². The number of carbonyl (C=O) groups is 2. The van der Waals surface area contributed by atoms with Crippen LogP contribution < -0.4 is 16.2 Å². The maximum Gasteiger partial charge on any atom is 0.573 e. The lowest BCUT2D eigenvalue weighted by Gasteiger charge is -2.40. The third-order valence-electron chi connectivity index (χ3n) is 5.51. The second-order valence-corrected chi connectivity index (χ2v) is 7.67. The number of benzene rings is 1. The van der Waals surface area contributed by atoms with E-state index in [1.807, 2.05) is 0 Å². The minimum atomic E-state index is -4.77. The van der Waals surface area contributed by atoms with Crippen LogP contribution in [0.3, 0.4) is 0 Å². The highest BCUT2D eigenvalue weighted by molar-refractivity contribution is 5.79. The van der Waals surface area contributed by atoms with Crippen LogP contribution in [0.5, 0.6) is 5.75 Å². The van der Waals surface area contributed by atoms with Crippen LogP contribution >= 0.6 is 0 Å². The Hall–Kier alpha value is -2.33. The number of hydrogen-bond donors (Lipinski definition) is 4. The zero-order chi connectivity index (χ0) is 22.5. The number of amides is 2. The Morgan fingerprint density at radius 1 is 1.20 bits per heavy atom. The first kappa shape index (κ1) is 23.9. The SMILES string of the molecule is NC(=O)C1CCC(O)(C(CC(O)[CH]Cc2ccc(OC(F)(F)F)cc2)C(N)=O)CC1. The van der Waals surface area contributed by atoms with Crippen molar-refractivity contribution >= 4 is 11.8 Å². The van der Waals surface area contributed by atoms with E-state index in [9.17, 15) is 33.0 Å². The number of carbonyl (C=O) groups excluding carboxylic acids is 2. The van der Waals surface area contributed by atoms with Crippen LogP contribution in [0.2, 0.25) is 0 Å². The summed E-state index contributed by atoms with van der Waals surface area (Å²) in [5.41, 5.74) is 9.93. The molecular formula is C20H26F3N2O5. The Morgan fingerprint density at radius 3 is 2.23 bits per heavy atom. The average molecular weight is 431 g/mol. The largest absolute Gasteiger partial charge is 0.573 e. The Balaban J connectivity index is 1.90. The smallest absolute Gasteiger partial charge is 0.406 e. The quantitative estimate of drug-likeness (QED) is 0.471. The van der Waals surface area contributed by atoms with Crippen molar-refractivity contribution in [3.8, 4) is 5.75 Å². The molecule has 7 nitrogen and oxygen atoms in total. The zero-order valence-corrected chi connectivity index (χ0v) is 16.3. The standard InChI is InChI=1S/C20H26F3N2O5/c21-20(22,23)30-15-5-2-12(3-6-15)1-4-14(26)11-16(18(25)28)19(29)9-7-13(8-10-19)17(24)27/h2-6,13-14,16,26,29H,1,7-11H2,(H2,24,27)(H2,25,28). The highest BCUT2D eigenvalue weighted by Crippen LogP contribution is 2.39. The predicted molar refractivity (Wildman–Crippen MR) is 101 cm³/mol. The topological polar surface area (TPSA) is 136 Å². The predicted octanol–water partition coefficient (Wildman–Crippen LogP) is 1.59. The van der Waals surface area contributed by atoms with Gasteiger partial charge < -0.3 is 26.4 Å². The van der Waals surface area contributed by atoms with Crippen molar-refractivity contribution in [1.29, 1.82) is 0 Å². The minimum Gasteiger partial charge on any atom is -0.406 e. The van der Waals surface area contributed by atoms with E-state index in [0.717, 1.165) is 12.1 Å². The van der Waals surface area contributed by atoms with Crippen LogP contribution in [-0.4, -0.2) is 40.1 Å². The first-order valence-corrected chi connectivity index (χ1v) is 9.57. The van der Waals surface area contributed by atoms with E-state index in [-0.39, 0.29) is 37.4 Å². The lowest BCUT2D eigenvalue weighted by molar-refractivity contribution is -0.274. The van der Waals surface area contributed by atoms with Crippen molar-refractivity contribution < 1.29 is 37.7 Å². The summed E-state index contributed by atoms with van der Waals surface area (Å²) in [6, 6.07) is 5.17. The Labute approximate surface area is 172 Å². The van der Waals surface area contributed by atoms with E-state index in [0.29, 0.717) is 18.4 Å². The van der Waals surface area contributed by atoms with Crippen molar-refractivity contribution in [2.45, 2.75) is 56.6 Å². The molecule has 1 radical (unpaired) electrons. The molecule has 30 heavy (non-hydrogen) atoms. The van der Waals surface area contributed by atoms with Crippen molar-refractivity contribution in [3.63, 3.8) is 0 Å². The molecule has 0 aromatic heterocycles. The molecule has 0 spiro atoms. The molecule has 0 bridgehead atoms. The van der Waals surface area contributed by atoms with Crippen LogP contribution in [0.25, 0.3) is 0 Å². The molecule has 0 heterocycles. The summed E-state index contributed by atoms with van der Waals surface area (Å²) < 4.78 is 40.4. The fourth-order valence-electron chi connectivity index (χ4n) is 3.79. The minimum absolute atomic E-state index is 0.109. The molecule has 167 valence electrons. The molecule has 2 atom stereocenters. The molecule has 2 unspecified atom stereocenters. The fraction of sp³-hybridized carbons (Fsp3) is 0.550. The van der Waals surface area contributed by atoms with Gasteiger partial charge in [-0.05, 0) is 62.6 Å². The molecule has 2 amide bonds. The van der Waals surface area contributed by atoms with Gasteiger partial charge in [-0.3, -0.25) is 9.59 Å². The highest BCUT2D eigenvalue weighted by Gasteiger charge is 2.44.